The molecule has 1 aliphatic rings. The number of hydrogen-bond donors (Lipinski definition) is 0. The third-order valence-electron chi connectivity index (χ3n) is 3.69. The van der Waals surface area contributed by atoms with Crippen LogP contribution in [0.3, 0.4) is 0 Å². The molecule has 0 bridgehead atoms. The van der Waals surface area contributed by atoms with E-state index < -0.39 is 15.9 Å². The molecule has 1 atom stereocenters. The number of urea groups is 1. The van der Waals surface area contributed by atoms with Crippen molar-refractivity contribution in [2.24, 2.45) is 0 Å². The lowest BCUT2D eigenvalue weighted by Gasteiger charge is -2.19. The first kappa shape index (κ1) is 16.5. The number of sulfone groups is 1. The van der Waals surface area contributed by atoms with Crippen molar-refractivity contribution in [3.05, 3.63) is 24.3 Å². The third-order valence-corrected chi connectivity index (χ3v) is 4.82. The van der Waals surface area contributed by atoms with Gasteiger partial charge >= 0.3 is 6.03 Å². The average molecular weight is 324 g/mol. The molecule has 1 heterocycles. The second-order valence-corrected chi connectivity index (χ2v) is 7.36. The Morgan fingerprint density at radius 3 is 2.14 bits per heavy atom. The summed E-state index contributed by atoms with van der Waals surface area (Å²) in [6, 6.07) is 5.03. The van der Waals surface area contributed by atoms with E-state index >= 15 is 0 Å². The van der Waals surface area contributed by atoms with Gasteiger partial charge in [0.1, 0.15) is 6.04 Å². The van der Waals surface area contributed by atoms with E-state index in [9.17, 15) is 18.0 Å². The van der Waals surface area contributed by atoms with E-state index in [1.165, 1.54) is 24.3 Å². The maximum atomic E-state index is 12.5. The average Bonchev–Trinajstić information content (AvgIpc) is 2.69. The van der Waals surface area contributed by atoms with Gasteiger partial charge < -0.3 is 4.90 Å². The summed E-state index contributed by atoms with van der Waals surface area (Å²) >= 11 is 0. The second kappa shape index (κ2) is 6.08. The zero-order valence-corrected chi connectivity index (χ0v) is 13.8. The zero-order chi connectivity index (χ0) is 16.5. The normalized spacial score (nSPS) is 19.1. The molecule has 0 unspecified atom stereocenters. The topological polar surface area (TPSA) is 74.8 Å². The molecule has 2 rings (SSSR count). The highest BCUT2D eigenvalue weighted by Gasteiger charge is 2.44. The van der Waals surface area contributed by atoms with Crippen molar-refractivity contribution < 1.29 is 18.0 Å². The van der Waals surface area contributed by atoms with E-state index in [0.29, 0.717) is 18.7 Å². The van der Waals surface area contributed by atoms with Crippen LogP contribution < -0.4 is 4.90 Å². The van der Waals surface area contributed by atoms with Gasteiger partial charge in [-0.15, -0.1) is 0 Å². The van der Waals surface area contributed by atoms with Crippen molar-refractivity contribution in [2.45, 2.75) is 37.6 Å². The number of carbonyl (C=O) groups is 2. The number of amides is 3. The van der Waals surface area contributed by atoms with E-state index in [1.807, 2.05) is 13.8 Å². The Balaban J connectivity index is 2.36. The van der Waals surface area contributed by atoms with Gasteiger partial charge in [0.2, 0.25) is 0 Å². The molecular weight excluding hydrogens is 304 g/mol. The fourth-order valence-corrected chi connectivity index (χ4v) is 3.24. The number of carbonyl (C=O) groups excluding carboxylic acids is 2. The Morgan fingerprint density at radius 1 is 1.09 bits per heavy atom. The summed E-state index contributed by atoms with van der Waals surface area (Å²) in [5.74, 6) is -0.256. The van der Waals surface area contributed by atoms with Gasteiger partial charge in [-0.25, -0.2) is 18.1 Å². The minimum Gasteiger partial charge on any atom is -0.312 e. The minimum atomic E-state index is -3.30. The van der Waals surface area contributed by atoms with Crippen LogP contribution in [0.4, 0.5) is 10.5 Å². The summed E-state index contributed by atoms with van der Waals surface area (Å²) < 4.78 is 22.9. The summed E-state index contributed by atoms with van der Waals surface area (Å²) in [6.07, 6.45) is 2.45. The van der Waals surface area contributed by atoms with Crippen LogP contribution in [0.5, 0.6) is 0 Å². The van der Waals surface area contributed by atoms with Crippen molar-refractivity contribution in [1.29, 1.82) is 0 Å². The Morgan fingerprint density at radius 2 is 1.68 bits per heavy atom. The van der Waals surface area contributed by atoms with Gasteiger partial charge in [0, 0.05) is 12.8 Å². The Labute approximate surface area is 130 Å². The molecule has 0 saturated carbocycles. The predicted molar refractivity (Wildman–Crippen MR) is 83.5 cm³/mol. The molecule has 1 aromatic carbocycles. The highest BCUT2D eigenvalue weighted by Crippen LogP contribution is 2.27. The summed E-state index contributed by atoms with van der Waals surface area (Å²) in [7, 11) is -3.30. The van der Waals surface area contributed by atoms with Crippen LogP contribution in [0.25, 0.3) is 0 Å². The third kappa shape index (κ3) is 2.85. The number of nitrogens with zero attached hydrogens (tertiary/aromatic N) is 2. The number of anilines is 1. The number of benzene rings is 1. The fourth-order valence-electron chi connectivity index (χ4n) is 2.61. The molecule has 0 spiro atoms. The molecule has 22 heavy (non-hydrogen) atoms. The molecule has 120 valence electrons. The molecule has 0 radical (unpaired) electrons. The van der Waals surface area contributed by atoms with Crippen LogP contribution in [0.15, 0.2) is 29.2 Å². The minimum absolute atomic E-state index is 0.160. The molecule has 0 aliphatic carbocycles. The Kier molecular flexibility index (Phi) is 4.55. The predicted octanol–water partition coefficient (Wildman–Crippen LogP) is 2.05. The quantitative estimate of drug-likeness (QED) is 0.777. The molecule has 6 nitrogen and oxygen atoms in total. The number of imide groups is 1. The largest absolute Gasteiger partial charge is 0.332 e. The van der Waals surface area contributed by atoms with Crippen molar-refractivity contribution in [2.75, 3.05) is 17.7 Å². The van der Waals surface area contributed by atoms with Gasteiger partial charge in [0.15, 0.2) is 9.84 Å². The summed E-state index contributed by atoms with van der Waals surface area (Å²) in [5, 5.41) is 0. The Hall–Kier alpha value is -1.89. The smallest absolute Gasteiger partial charge is 0.312 e. The first-order chi connectivity index (χ1) is 10.3. The molecule has 0 aromatic heterocycles. The van der Waals surface area contributed by atoms with Crippen molar-refractivity contribution in [3.8, 4) is 0 Å². The standard InChI is InChI=1S/C15H20N2O4S/c1-4-10-16-13(5-2)14(18)17(15(16)19)11-6-8-12(9-7-11)22(3,20)21/h6-9,13H,4-5,10H2,1-3H3/t13-/m1/s1. The number of hydrogen-bond acceptors (Lipinski definition) is 4. The van der Waals surface area contributed by atoms with Crippen LogP contribution in [0.2, 0.25) is 0 Å². The van der Waals surface area contributed by atoms with Crippen molar-refractivity contribution >= 4 is 27.5 Å². The molecule has 1 aliphatic heterocycles. The maximum absolute atomic E-state index is 12.5. The molecule has 0 N–H and O–H groups in total. The summed E-state index contributed by atoms with van der Waals surface area (Å²) in [5.41, 5.74) is 0.402. The van der Waals surface area contributed by atoms with Crippen LogP contribution in [0.1, 0.15) is 26.7 Å². The van der Waals surface area contributed by atoms with E-state index in [0.717, 1.165) is 17.6 Å². The lowest BCUT2D eigenvalue weighted by Crippen LogP contribution is -2.35. The van der Waals surface area contributed by atoms with E-state index in [2.05, 4.69) is 0 Å². The highest BCUT2D eigenvalue weighted by molar-refractivity contribution is 7.90. The molecule has 1 fully saturated rings. The van der Waals surface area contributed by atoms with Gasteiger partial charge in [-0.2, -0.15) is 0 Å². The SMILES string of the molecule is CCCN1C(=O)N(c2ccc(S(C)(=O)=O)cc2)C(=O)[C@H]1CC. The van der Waals surface area contributed by atoms with Crippen LogP contribution in [-0.2, 0) is 14.6 Å². The molecule has 1 aromatic rings. The Bertz CT molecular complexity index is 682. The van der Waals surface area contributed by atoms with Crippen LogP contribution in [-0.4, -0.2) is 44.1 Å². The van der Waals surface area contributed by atoms with Gasteiger partial charge in [-0.1, -0.05) is 13.8 Å². The molecule has 1 saturated heterocycles. The lowest BCUT2D eigenvalue weighted by atomic mass is 10.2. The zero-order valence-electron chi connectivity index (χ0n) is 12.9. The molecular formula is C15H20N2O4S. The second-order valence-electron chi connectivity index (χ2n) is 5.34. The van der Waals surface area contributed by atoms with Gasteiger partial charge in [0.05, 0.1) is 10.6 Å². The number of rotatable bonds is 5. The first-order valence-corrected chi connectivity index (χ1v) is 9.15. The monoisotopic (exact) mass is 324 g/mol. The van der Waals surface area contributed by atoms with Crippen molar-refractivity contribution in [3.63, 3.8) is 0 Å². The molecule has 7 heteroatoms. The van der Waals surface area contributed by atoms with E-state index in [-0.39, 0.29) is 16.8 Å². The first-order valence-electron chi connectivity index (χ1n) is 7.26. The van der Waals surface area contributed by atoms with Gasteiger partial charge in [-0.05, 0) is 37.1 Å². The summed E-state index contributed by atoms with van der Waals surface area (Å²) in [4.78, 5) is 27.8. The van der Waals surface area contributed by atoms with Crippen LogP contribution >= 0.6 is 0 Å². The van der Waals surface area contributed by atoms with Crippen molar-refractivity contribution in [1.82, 2.24) is 4.90 Å². The van der Waals surface area contributed by atoms with Crippen LogP contribution in [0, 0.1) is 0 Å². The maximum Gasteiger partial charge on any atom is 0.332 e. The fraction of sp³-hybridized carbons (Fsp3) is 0.467. The highest BCUT2D eigenvalue weighted by atomic mass is 32.2. The summed E-state index contributed by atoms with van der Waals surface area (Å²) in [6.45, 7) is 4.35. The van der Waals surface area contributed by atoms with E-state index in [1.54, 1.807) is 4.90 Å². The van der Waals surface area contributed by atoms with Gasteiger partial charge in [-0.3, -0.25) is 4.79 Å². The lowest BCUT2D eigenvalue weighted by molar-refractivity contribution is -0.119. The molecule has 3 amide bonds. The van der Waals surface area contributed by atoms with E-state index in [4.69, 9.17) is 0 Å². The van der Waals surface area contributed by atoms with Gasteiger partial charge in [0.25, 0.3) is 5.91 Å².